The van der Waals surface area contributed by atoms with Crippen LogP contribution < -0.4 is 21.3 Å². The van der Waals surface area contributed by atoms with Crippen LogP contribution in [0.1, 0.15) is 19.3 Å². The lowest BCUT2D eigenvalue weighted by Crippen LogP contribution is -2.49. The van der Waals surface area contributed by atoms with Crippen LogP contribution in [0, 0.1) is 0 Å². The summed E-state index contributed by atoms with van der Waals surface area (Å²) in [4.78, 5) is 92.9. The fourth-order valence-corrected chi connectivity index (χ4v) is 2.92. The summed E-state index contributed by atoms with van der Waals surface area (Å²) in [6.45, 7) is 7.18. The highest BCUT2D eigenvalue weighted by Crippen LogP contribution is 2.11. The number of amides is 8. The monoisotopic (exact) mass is 562 g/mol. The highest BCUT2D eigenvalue weighted by atomic mass is 16.5. The van der Waals surface area contributed by atoms with Gasteiger partial charge in [-0.15, -0.1) is 0 Å². The predicted octanol–water partition coefficient (Wildman–Crippen LogP) is -1.08. The van der Waals surface area contributed by atoms with Crippen molar-refractivity contribution in [3.05, 3.63) is 49.0 Å². The summed E-state index contributed by atoms with van der Waals surface area (Å²) in [6.07, 6.45) is 4.15. The molecule has 8 amide bonds. The molecule has 0 aromatic carbocycles. The molecule has 0 aromatic rings. The van der Waals surface area contributed by atoms with Gasteiger partial charge < -0.3 is 30.7 Å². The summed E-state index contributed by atoms with van der Waals surface area (Å²) in [5.41, 5.74) is -0.456. The number of carbonyl (C=O) groups is 8. The van der Waals surface area contributed by atoms with Crippen molar-refractivity contribution in [2.75, 3.05) is 27.8 Å². The normalized spacial score (nSPS) is 14.2. The Morgan fingerprint density at radius 3 is 1.82 bits per heavy atom. The second-order valence-electron chi connectivity index (χ2n) is 7.89. The molecule has 0 aromatic heterocycles. The number of hydrogen-bond donors (Lipinski definition) is 4. The quantitative estimate of drug-likeness (QED) is 0.136. The van der Waals surface area contributed by atoms with Gasteiger partial charge in [0, 0.05) is 37.9 Å². The molecule has 4 N–H and O–H groups in total. The van der Waals surface area contributed by atoms with Crippen LogP contribution in [0.15, 0.2) is 49.0 Å². The molecule has 0 saturated carbocycles. The van der Waals surface area contributed by atoms with E-state index in [4.69, 9.17) is 0 Å². The van der Waals surface area contributed by atoms with Crippen LogP contribution >= 0.6 is 0 Å². The standard InChI is InChI=1S/C19H25N5O8.C5H5NO2/c1-11(24-14(25)8-9-15(24)26)16(27)21-12(2)22-17(28)13(23-19(30)32-4)7-5-6-10-20-18(29)31-3;1-6-4(7)2-3-5(6)8/h8-9,13H,1-2,5-7,10H2,3-4H3,(H,20,29)(H,21,27)(H,22,28)(H,23,30);2-3H,1H3. The van der Waals surface area contributed by atoms with Crippen LogP contribution in [0.5, 0.6) is 0 Å². The van der Waals surface area contributed by atoms with E-state index in [-0.39, 0.29) is 24.1 Å². The number of methoxy groups -OCH3 is 2. The number of rotatable bonds is 11. The largest absolute Gasteiger partial charge is 0.453 e. The lowest BCUT2D eigenvalue weighted by Gasteiger charge is -2.20. The molecule has 2 heterocycles. The smallest absolute Gasteiger partial charge is 0.407 e. The third-order valence-electron chi connectivity index (χ3n) is 5.08. The van der Waals surface area contributed by atoms with E-state index in [9.17, 15) is 38.4 Å². The molecule has 40 heavy (non-hydrogen) atoms. The molecule has 2 aliphatic rings. The molecule has 0 bridgehead atoms. The number of alkyl carbamates (subject to hydrolysis) is 2. The van der Waals surface area contributed by atoms with Crippen LogP contribution in [-0.2, 0) is 38.2 Å². The Bertz CT molecular complexity index is 1120. The van der Waals surface area contributed by atoms with E-state index in [1.807, 2.05) is 0 Å². The van der Waals surface area contributed by atoms with Crippen LogP contribution in [0.3, 0.4) is 0 Å². The van der Waals surface area contributed by atoms with Gasteiger partial charge >= 0.3 is 12.2 Å². The molecule has 0 spiro atoms. The van der Waals surface area contributed by atoms with E-state index >= 15 is 0 Å². The van der Waals surface area contributed by atoms with E-state index in [1.165, 1.54) is 26.3 Å². The van der Waals surface area contributed by atoms with Gasteiger partial charge in [-0.2, -0.15) is 0 Å². The van der Waals surface area contributed by atoms with Crippen molar-refractivity contribution in [1.82, 2.24) is 31.1 Å². The first-order valence-corrected chi connectivity index (χ1v) is 11.5. The van der Waals surface area contributed by atoms with Gasteiger partial charge in [-0.3, -0.25) is 33.7 Å². The number of nitrogens with one attached hydrogen (secondary N) is 4. The number of nitrogens with zero attached hydrogens (tertiary/aromatic N) is 2. The van der Waals surface area contributed by atoms with Crippen LogP contribution in [0.25, 0.3) is 0 Å². The molecule has 0 saturated heterocycles. The van der Waals surface area contributed by atoms with Crippen LogP contribution in [0.2, 0.25) is 0 Å². The number of hydrogen-bond acceptors (Lipinski definition) is 10. The molecule has 2 rings (SSSR count). The van der Waals surface area contributed by atoms with Crippen molar-refractivity contribution in [3.8, 4) is 0 Å². The highest BCUT2D eigenvalue weighted by molar-refractivity contribution is 6.18. The summed E-state index contributed by atoms with van der Waals surface area (Å²) in [5.74, 6) is -3.85. The Labute approximate surface area is 229 Å². The lowest BCUT2D eigenvalue weighted by atomic mass is 10.1. The average molecular weight is 563 g/mol. The molecule has 0 fully saturated rings. The van der Waals surface area contributed by atoms with Crippen LogP contribution in [-0.4, -0.2) is 91.3 Å². The van der Waals surface area contributed by atoms with Gasteiger partial charge in [0.25, 0.3) is 29.5 Å². The third kappa shape index (κ3) is 10.2. The Balaban J connectivity index is 0.000000850. The minimum absolute atomic E-state index is 0.181. The number of carbonyl (C=O) groups excluding carboxylic acids is 8. The van der Waals surface area contributed by atoms with Gasteiger partial charge in [0.2, 0.25) is 5.91 Å². The molecule has 1 atom stereocenters. The second-order valence-corrected chi connectivity index (χ2v) is 7.89. The molecule has 0 radical (unpaired) electrons. The van der Waals surface area contributed by atoms with Gasteiger partial charge in [0.1, 0.15) is 17.6 Å². The summed E-state index contributed by atoms with van der Waals surface area (Å²) in [5, 5.41) is 9.34. The van der Waals surface area contributed by atoms with Gasteiger partial charge in [-0.05, 0) is 19.3 Å². The zero-order valence-electron chi connectivity index (χ0n) is 22.1. The highest BCUT2D eigenvalue weighted by Gasteiger charge is 2.30. The van der Waals surface area contributed by atoms with Crippen LogP contribution in [0.4, 0.5) is 9.59 Å². The second kappa shape index (κ2) is 15.9. The molecule has 1 unspecified atom stereocenters. The molecular weight excluding hydrogens is 532 g/mol. The Morgan fingerprint density at radius 2 is 1.35 bits per heavy atom. The van der Waals surface area contributed by atoms with Crippen molar-refractivity contribution in [3.63, 3.8) is 0 Å². The Hall–Kier alpha value is -5.28. The summed E-state index contributed by atoms with van der Waals surface area (Å²) >= 11 is 0. The van der Waals surface area contributed by atoms with E-state index in [0.29, 0.717) is 24.3 Å². The predicted molar refractivity (Wildman–Crippen MR) is 136 cm³/mol. The number of likely N-dealkylation sites (N-methyl/N-ethyl adjacent to an activating group) is 1. The summed E-state index contributed by atoms with van der Waals surface area (Å²) in [6, 6.07) is -1.04. The molecule has 16 nitrogen and oxygen atoms in total. The molecule has 0 aliphatic carbocycles. The number of unbranched alkanes of at least 4 members (excludes halogenated alkanes) is 1. The first-order valence-electron chi connectivity index (χ1n) is 11.5. The van der Waals surface area contributed by atoms with Gasteiger partial charge in [0.05, 0.1) is 14.2 Å². The topological polar surface area (TPSA) is 210 Å². The van der Waals surface area contributed by atoms with Crippen molar-refractivity contribution in [2.45, 2.75) is 25.3 Å². The zero-order chi connectivity index (χ0) is 30.4. The third-order valence-corrected chi connectivity index (χ3v) is 5.08. The maximum Gasteiger partial charge on any atom is 0.407 e. The zero-order valence-corrected chi connectivity index (χ0v) is 22.1. The van der Waals surface area contributed by atoms with Gasteiger partial charge in [-0.1, -0.05) is 13.2 Å². The van der Waals surface area contributed by atoms with E-state index < -0.39 is 47.6 Å². The molecule has 16 heteroatoms. The van der Waals surface area contributed by atoms with Gasteiger partial charge in [-0.25, -0.2) is 14.5 Å². The van der Waals surface area contributed by atoms with Gasteiger partial charge in [0.15, 0.2) is 0 Å². The molecule has 216 valence electrons. The lowest BCUT2D eigenvalue weighted by molar-refractivity contribution is -0.137. The van der Waals surface area contributed by atoms with Crippen molar-refractivity contribution >= 4 is 47.6 Å². The first-order chi connectivity index (χ1) is 18.8. The maximum atomic E-state index is 12.5. The van der Waals surface area contributed by atoms with E-state index in [0.717, 1.165) is 24.2 Å². The van der Waals surface area contributed by atoms with Crippen molar-refractivity contribution in [2.24, 2.45) is 0 Å². The van der Waals surface area contributed by atoms with E-state index in [1.54, 1.807) is 0 Å². The van der Waals surface area contributed by atoms with Crippen molar-refractivity contribution < 1.29 is 47.8 Å². The summed E-state index contributed by atoms with van der Waals surface area (Å²) < 4.78 is 8.94. The summed E-state index contributed by atoms with van der Waals surface area (Å²) in [7, 11) is 3.81. The Kier molecular flexibility index (Phi) is 13.0. The minimum atomic E-state index is -1.04. The SMILES string of the molecule is C=C(NC(=O)C(=C)N1C(=O)C=CC1=O)NC(=O)C(CCCCNC(=O)OC)NC(=O)OC.CN1C(=O)C=CC1=O. The number of imide groups is 2. The fourth-order valence-electron chi connectivity index (χ4n) is 2.92. The van der Waals surface area contributed by atoms with E-state index in [2.05, 4.69) is 43.9 Å². The minimum Gasteiger partial charge on any atom is -0.453 e. The van der Waals surface area contributed by atoms with Crippen molar-refractivity contribution in [1.29, 1.82) is 0 Å². The first kappa shape index (κ1) is 32.7. The maximum absolute atomic E-state index is 12.5. The fraction of sp³-hybridized carbons (Fsp3) is 0.333. The molecule has 2 aliphatic heterocycles. The average Bonchev–Trinajstić information content (AvgIpc) is 3.41. The Morgan fingerprint density at radius 1 is 0.825 bits per heavy atom. The number of ether oxygens (including phenoxy) is 2. The molecular formula is C24H30N6O10.